The van der Waals surface area contributed by atoms with E-state index in [0.29, 0.717) is 19.0 Å². The average molecular weight is 339 g/mol. The Morgan fingerprint density at radius 3 is 2.52 bits per heavy atom. The summed E-state index contributed by atoms with van der Waals surface area (Å²) in [6.07, 6.45) is 0. The average Bonchev–Trinajstić information content (AvgIpc) is 3.06. The van der Waals surface area contributed by atoms with E-state index in [-0.39, 0.29) is 12.8 Å². The van der Waals surface area contributed by atoms with Gasteiger partial charge >= 0.3 is 0 Å². The predicted octanol–water partition coefficient (Wildman–Crippen LogP) is 1.64. The van der Waals surface area contributed by atoms with Crippen LogP contribution in [-0.2, 0) is 13.1 Å². The van der Waals surface area contributed by atoms with Crippen molar-refractivity contribution in [2.75, 3.05) is 6.79 Å². The quantitative estimate of drug-likeness (QED) is 0.580. The van der Waals surface area contributed by atoms with Crippen LogP contribution in [0.2, 0.25) is 0 Å². The first-order valence-corrected chi connectivity index (χ1v) is 7.92. The smallest absolute Gasteiger partial charge is 0.231 e. The van der Waals surface area contributed by atoms with E-state index in [1.807, 2.05) is 30.3 Å². The Kier molecular flexibility index (Phi) is 5.03. The molecule has 0 radical (unpaired) electrons. The molecule has 0 aliphatic carbocycles. The molecular weight excluding hydrogens is 318 g/mol. The van der Waals surface area contributed by atoms with Gasteiger partial charge in [-0.2, -0.15) is 4.99 Å². The Labute approximate surface area is 146 Å². The van der Waals surface area contributed by atoms with Crippen LogP contribution >= 0.6 is 0 Å². The van der Waals surface area contributed by atoms with Crippen molar-refractivity contribution in [2.45, 2.75) is 20.0 Å². The van der Waals surface area contributed by atoms with Gasteiger partial charge in [0.2, 0.25) is 12.8 Å². The maximum absolute atomic E-state index is 5.50. The van der Waals surface area contributed by atoms with Crippen molar-refractivity contribution >= 4 is 11.9 Å². The van der Waals surface area contributed by atoms with Gasteiger partial charge in [0, 0.05) is 6.54 Å². The lowest BCUT2D eigenvalue weighted by atomic mass is 10.1. The van der Waals surface area contributed by atoms with Gasteiger partial charge < -0.3 is 26.3 Å². The minimum atomic E-state index is -0.0409. The van der Waals surface area contributed by atoms with Crippen LogP contribution in [0.1, 0.15) is 16.7 Å². The van der Waals surface area contributed by atoms with Crippen molar-refractivity contribution in [3.63, 3.8) is 0 Å². The van der Waals surface area contributed by atoms with Gasteiger partial charge in [-0.25, -0.2) is 4.99 Å². The molecule has 0 fully saturated rings. The van der Waals surface area contributed by atoms with Crippen LogP contribution < -0.4 is 26.3 Å². The zero-order valence-corrected chi connectivity index (χ0v) is 14.0. The molecule has 0 saturated heterocycles. The van der Waals surface area contributed by atoms with E-state index in [4.69, 9.17) is 20.9 Å². The zero-order valence-electron chi connectivity index (χ0n) is 14.0. The summed E-state index contributed by atoms with van der Waals surface area (Å²) in [6, 6.07) is 13.9. The van der Waals surface area contributed by atoms with Crippen molar-refractivity contribution < 1.29 is 9.47 Å². The molecule has 25 heavy (non-hydrogen) atoms. The van der Waals surface area contributed by atoms with E-state index in [9.17, 15) is 0 Å². The van der Waals surface area contributed by atoms with Crippen LogP contribution in [0, 0.1) is 6.92 Å². The number of nitrogens with two attached hydrogens (primary N) is 2. The normalized spacial score (nSPS) is 12.8. The maximum Gasteiger partial charge on any atom is 0.231 e. The van der Waals surface area contributed by atoms with Crippen LogP contribution in [0.15, 0.2) is 52.4 Å². The lowest BCUT2D eigenvalue weighted by Crippen LogP contribution is -2.29. The van der Waals surface area contributed by atoms with E-state index < -0.39 is 0 Å². The van der Waals surface area contributed by atoms with Crippen molar-refractivity contribution in [1.29, 1.82) is 0 Å². The highest BCUT2D eigenvalue weighted by Crippen LogP contribution is 2.32. The maximum atomic E-state index is 5.50. The van der Waals surface area contributed by atoms with E-state index in [2.05, 4.69) is 34.4 Å². The minimum absolute atomic E-state index is 0.0409. The highest BCUT2D eigenvalue weighted by Gasteiger charge is 2.12. The van der Waals surface area contributed by atoms with Gasteiger partial charge in [0.25, 0.3) is 0 Å². The Hall–Kier alpha value is -3.22. The Bertz CT molecular complexity index is 796. The summed E-state index contributed by atoms with van der Waals surface area (Å²) >= 11 is 0. The SMILES string of the molecule is Cc1ccc(CNC(N=C(N)N)=NCc2ccc3c(c2)OCO3)cc1. The minimum Gasteiger partial charge on any atom is -0.454 e. The summed E-state index contributed by atoms with van der Waals surface area (Å²) < 4.78 is 10.7. The monoisotopic (exact) mass is 339 g/mol. The first kappa shape index (κ1) is 16.6. The summed E-state index contributed by atoms with van der Waals surface area (Å²) in [6.45, 7) is 3.30. The van der Waals surface area contributed by atoms with E-state index in [1.54, 1.807) is 0 Å². The number of rotatable bonds is 4. The fourth-order valence-electron chi connectivity index (χ4n) is 2.35. The predicted molar refractivity (Wildman–Crippen MR) is 97.5 cm³/mol. The number of aliphatic imine (C=N–C) groups is 2. The van der Waals surface area contributed by atoms with E-state index in [1.165, 1.54) is 5.56 Å². The largest absolute Gasteiger partial charge is 0.454 e. The highest BCUT2D eigenvalue weighted by molar-refractivity contribution is 5.93. The zero-order chi connectivity index (χ0) is 17.6. The number of benzene rings is 2. The molecule has 130 valence electrons. The van der Waals surface area contributed by atoms with Gasteiger partial charge in [0.15, 0.2) is 17.5 Å². The molecule has 3 rings (SSSR count). The molecular formula is C18H21N5O2. The molecule has 0 saturated carbocycles. The second-order valence-electron chi connectivity index (χ2n) is 5.70. The van der Waals surface area contributed by atoms with Crippen LogP contribution in [-0.4, -0.2) is 18.7 Å². The molecule has 0 amide bonds. The van der Waals surface area contributed by atoms with Crippen molar-refractivity contribution in [3.05, 3.63) is 59.2 Å². The second-order valence-corrected chi connectivity index (χ2v) is 5.70. The molecule has 2 aromatic carbocycles. The lowest BCUT2D eigenvalue weighted by Gasteiger charge is -2.07. The fourth-order valence-corrected chi connectivity index (χ4v) is 2.35. The second kappa shape index (κ2) is 7.57. The molecule has 5 N–H and O–H groups in total. The molecule has 1 aliphatic heterocycles. The number of nitrogens with zero attached hydrogens (tertiary/aromatic N) is 2. The topological polar surface area (TPSA) is 107 Å². The number of guanidine groups is 2. The summed E-state index contributed by atoms with van der Waals surface area (Å²) in [4.78, 5) is 8.51. The number of hydrogen-bond donors (Lipinski definition) is 3. The molecule has 0 bridgehead atoms. The highest BCUT2D eigenvalue weighted by atomic mass is 16.7. The van der Waals surface area contributed by atoms with Gasteiger partial charge in [-0.1, -0.05) is 35.9 Å². The molecule has 7 nitrogen and oxygen atoms in total. The summed E-state index contributed by atoms with van der Waals surface area (Å²) in [5.74, 6) is 1.82. The Morgan fingerprint density at radius 1 is 1.04 bits per heavy atom. The number of hydrogen-bond acceptors (Lipinski definition) is 3. The molecule has 1 aliphatic rings. The third-order valence-electron chi connectivity index (χ3n) is 3.65. The van der Waals surface area contributed by atoms with E-state index in [0.717, 1.165) is 22.6 Å². The van der Waals surface area contributed by atoms with Gasteiger partial charge in [-0.3, -0.25) is 0 Å². The first-order chi connectivity index (χ1) is 12.1. The van der Waals surface area contributed by atoms with Crippen LogP contribution in [0.4, 0.5) is 0 Å². The van der Waals surface area contributed by atoms with Gasteiger partial charge in [-0.15, -0.1) is 0 Å². The van der Waals surface area contributed by atoms with Crippen molar-refractivity contribution in [2.24, 2.45) is 21.5 Å². The first-order valence-electron chi connectivity index (χ1n) is 7.92. The van der Waals surface area contributed by atoms with Gasteiger partial charge in [-0.05, 0) is 30.2 Å². The van der Waals surface area contributed by atoms with Gasteiger partial charge in [0.1, 0.15) is 0 Å². The molecule has 0 atom stereocenters. The number of ether oxygens (including phenoxy) is 2. The summed E-state index contributed by atoms with van der Waals surface area (Å²) in [7, 11) is 0. The summed E-state index contributed by atoms with van der Waals surface area (Å²) in [5.41, 5.74) is 14.3. The van der Waals surface area contributed by atoms with Crippen molar-refractivity contribution in [3.8, 4) is 11.5 Å². The lowest BCUT2D eigenvalue weighted by molar-refractivity contribution is 0.174. The molecule has 7 heteroatoms. The Morgan fingerprint density at radius 2 is 1.76 bits per heavy atom. The van der Waals surface area contributed by atoms with Crippen LogP contribution in [0.3, 0.4) is 0 Å². The fraction of sp³-hybridized carbons (Fsp3) is 0.222. The third kappa shape index (κ3) is 4.63. The number of aryl methyl sites for hydroxylation is 1. The van der Waals surface area contributed by atoms with Crippen LogP contribution in [0.25, 0.3) is 0 Å². The molecule has 2 aromatic rings. The summed E-state index contributed by atoms with van der Waals surface area (Å²) in [5, 5.41) is 3.16. The van der Waals surface area contributed by atoms with Gasteiger partial charge in [0.05, 0.1) is 6.54 Å². The van der Waals surface area contributed by atoms with Crippen molar-refractivity contribution in [1.82, 2.24) is 5.32 Å². The molecule has 0 spiro atoms. The third-order valence-corrected chi connectivity index (χ3v) is 3.65. The Balaban J connectivity index is 1.68. The standard InChI is InChI=1S/C18H21N5O2/c1-12-2-4-13(5-3-12)9-21-18(23-17(19)20)22-10-14-6-7-15-16(8-14)25-11-24-15/h2-8H,9-11H2,1H3,(H5,19,20,21,22,23). The molecule has 0 unspecified atom stereocenters. The molecule has 1 heterocycles. The number of nitrogens with one attached hydrogen (secondary N) is 1. The van der Waals surface area contributed by atoms with Crippen LogP contribution in [0.5, 0.6) is 11.5 Å². The number of fused-ring (bicyclic) bond motifs is 1. The van der Waals surface area contributed by atoms with E-state index >= 15 is 0 Å². The molecule has 0 aromatic heterocycles.